The molecule has 25 heavy (non-hydrogen) atoms. The van der Waals surface area contributed by atoms with E-state index in [2.05, 4.69) is 10.2 Å². The summed E-state index contributed by atoms with van der Waals surface area (Å²) in [5.41, 5.74) is -0.491. The Morgan fingerprint density at radius 2 is 1.92 bits per heavy atom. The summed E-state index contributed by atoms with van der Waals surface area (Å²) in [5.74, 6) is -3.19. The highest BCUT2D eigenvalue weighted by Gasteiger charge is 2.25. The third-order valence-electron chi connectivity index (χ3n) is 3.27. The standard InChI is InChI=1S/C15H13ClF2N2O4S/c1-20(24-2)25(22,23)13-8-9(6-7-10(13)16)15(21)19-12-5-3-4-11(17)14(12)18/h3-8H,1-2H3,(H,19,21). The van der Waals surface area contributed by atoms with Crippen molar-refractivity contribution in [3.05, 3.63) is 58.6 Å². The predicted octanol–water partition coefficient (Wildman–Crippen LogP) is 3.05. The van der Waals surface area contributed by atoms with Gasteiger partial charge in [0, 0.05) is 12.6 Å². The number of carbonyl (C=O) groups is 1. The van der Waals surface area contributed by atoms with Crippen LogP contribution in [0.3, 0.4) is 0 Å². The molecule has 0 fully saturated rings. The molecule has 134 valence electrons. The van der Waals surface area contributed by atoms with E-state index >= 15 is 0 Å². The summed E-state index contributed by atoms with van der Waals surface area (Å²) in [6.45, 7) is 0. The first-order valence-electron chi connectivity index (χ1n) is 6.76. The van der Waals surface area contributed by atoms with Gasteiger partial charge in [-0.05, 0) is 30.3 Å². The fourth-order valence-electron chi connectivity index (χ4n) is 1.87. The first-order chi connectivity index (χ1) is 11.7. The first kappa shape index (κ1) is 19.3. The van der Waals surface area contributed by atoms with Crippen LogP contribution in [0.15, 0.2) is 41.3 Å². The van der Waals surface area contributed by atoms with Gasteiger partial charge in [-0.2, -0.15) is 0 Å². The van der Waals surface area contributed by atoms with Crippen LogP contribution in [0.4, 0.5) is 14.5 Å². The lowest BCUT2D eigenvalue weighted by molar-refractivity contribution is -0.0258. The van der Waals surface area contributed by atoms with Crippen molar-refractivity contribution in [2.45, 2.75) is 4.90 Å². The summed E-state index contributed by atoms with van der Waals surface area (Å²) in [6.07, 6.45) is 0. The van der Waals surface area contributed by atoms with Crippen LogP contribution in [0.2, 0.25) is 5.02 Å². The monoisotopic (exact) mass is 390 g/mol. The fraction of sp³-hybridized carbons (Fsp3) is 0.133. The maximum Gasteiger partial charge on any atom is 0.266 e. The van der Waals surface area contributed by atoms with E-state index in [0.717, 1.165) is 26.3 Å². The molecular formula is C15H13ClF2N2O4S. The highest BCUT2D eigenvalue weighted by Crippen LogP contribution is 2.26. The minimum Gasteiger partial charge on any atom is -0.319 e. The van der Waals surface area contributed by atoms with Gasteiger partial charge in [0.2, 0.25) is 0 Å². The van der Waals surface area contributed by atoms with Gasteiger partial charge in [-0.3, -0.25) is 9.63 Å². The van der Waals surface area contributed by atoms with E-state index < -0.39 is 27.6 Å². The fourth-order valence-corrected chi connectivity index (χ4v) is 3.35. The number of nitrogens with zero attached hydrogens (tertiary/aromatic N) is 1. The van der Waals surface area contributed by atoms with Crippen molar-refractivity contribution in [1.29, 1.82) is 0 Å². The molecule has 0 unspecified atom stereocenters. The Kier molecular flexibility index (Phi) is 5.73. The van der Waals surface area contributed by atoms with Crippen LogP contribution >= 0.6 is 11.6 Å². The van der Waals surface area contributed by atoms with E-state index in [-0.39, 0.29) is 21.2 Å². The zero-order valence-corrected chi connectivity index (χ0v) is 14.7. The van der Waals surface area contributed by atoms with E-state index in [1.807, 2.05) is 0 Å². The molecule has 0 radical (unpaired) electrons. The van der Waals surface area contributed by atoms with Crippen molar-refractivity contribution in [3.63, 3.8) is 0 Å². The zero-order chi connectivity index (χ0) is 18.8. The van der Waals surface area contributed by atoms with Crippen LogP contribution in [0.25, 0.3) is 0 Å². The number of amides is 1. The Morgan fingerprint density at radius 1 is 1.24 bits per heavy atom. The van der Waals surface area contributed by atoms with Crippen molar-refractivity contribution < 1.29 is 26.8 Å². The third kappa shape index (κ3) is 3.96. The van der Waals surface area contributed by atoms with Gasteiger partial charge in [-0.25, -0.2) is 17.2 Å². The highest BCUT2D eigenvalue weighted by atomic mass is 35.5. The average Bonchev–Trinajstić information content (AvgIpc) is 2.58. The number of halogens is 3. The number of anilines is 1. The van der Waals surface area contributed by atoms with Crippen molar-refractivity contribution >= 4 is 33.2 Å². The summed E-state index contributed by atoms with van der Waals surface area (Å²) in [4.78, 5) is 16.5. The van der Waals surface area contributed by atoms with Gasteiger partial charge in [0.15, 0.2) is 11.6 Å². The minimum atomic E-state index is -4.10. The summed E-state index contributed by atoms with van der Waals surface area (Å²) < 4.78 is 52.0. The lowest BCUT2D eigenvalue weighted by Gasteiger charge is -2.16. The Bertz CT molecular complexity index is 922. The van der Waals surface area contributed by atoms with Gasteiger partial charge in [0.1, 0.15) is 4.90 Å². The van der Waals surface area contributed by atoms with Gasteiger partial charge >= 0.3 is 0 Å². The number of hydrogen-bond donors (Lipinski definition) is 1. The molecule has 0 bridgehead atoms. The molecule has 2 rings (SSSR count). The SMILES string of the molecule is CON(C)S(=O)(=O)c1cc(C(=O)Nc2cccc(F)c2F)ccc1Cl. The average molecular weight is 391 g/mol. The molecule has 6 nitrogen and oxygen atoms in total. The zero-order valence-electron chi connectivity index (χ0n) is 13.1. The summed E-state index contributed by atoms with van der Waals surface area (Å²) in [5, 5.41) is 2.04. The second-order valence-electron chi connectivity index (χ2n) is 4.80. The minimum absolute atomic E-state index is 0.115. The van der Waals surface area contributed by atoms with E-state index in [4.69, 9.17) is 11.6 Å². The van der Waals surface area contributed by atoms with Gasteiger partial charge in [0.05, 0.1) is 17.8 Å². The van der Waals surface area contributed by atoms with E-state index in [9.17, 15) is 22.0 Å². The largest absolute Gasteiger partial charge is 0.319 e. The van der Waals surface area contributed by atoms with Crippen LogP contribution < -0.4 is 5.32 Å². The Balaban J connectivity index is 2.39. The smallest absolute Gasteiger partial charge is 0.266 e. The molecule has 10 heteroatoms. The third-order valence-corrected chi connectivity index (χ3v) is 5.43. The topological polar surface area (TPSA) is 75.7 Å². The summed E-state index contributed by atoms with van der Waals surface area (Å²) in [6, 6.07) is 6.76. The van der Waals surface area contributed by atoms with E-state index in [1.54, 1.807) is 0 Å². The van der Waals surface area contributed by atoms with Crippen LogP contribution in [0.1, 0.15) is 10.4 Å². The summed E-state index contributed by atoms with van der Waals surface area (Å²) >= 11 is 5.89. The first-order valence-corrected chi connectivity index (χ1v) is 8.58. The molecular weight excluding hydrogens is 378 g/mol. The number of hydrogen-bond acceptors (Lipinski definition) is 4. The number of sulfonamides is 1. The molecule has 2 aromatic carbocycles. The van der Waals surface area contributed by atoms with Gasteiger partial charge in [-0.15, -0.1) is 0 Å². The predicted molar refractivity (Wildman–Crippen MR) is 87.7 cm³/mol. The molecule has 0 aliphatic heterocycles. The number of hydroxylamine groups is 1. The van der Waals surface area contributed by atoms with Crippen LogP contribution in [-0.4, -0.2) is 33.0 Å². The number of benzene rings is 2. The lowest BCUT2D eigenvalue weighted by Crippen LogP contribution is -2.26. The van der Waals surface area contributed by atoms with Crippen molar-refractivity contribution in [2.75, 3.05) is 19.5 Å². The van der Waals surface area contributed by atoms with Crippen LogP contribution in [0.5, 0.6) is 0 Å². The quantitative estimate of drug-likeness (QED) is 0.796. The number of carbonyl (C=O) groups excluding carboxylic acids is 1. The van der Waals surface area contributed by atoms with Crippen LogP contribution in [-0.2, 0) is 14.9 Å². The van der Waals surface area contributed by atoms with E-state index in [0.29, 0.717) is 4.47 Å². The van der Waals surface area contributed by atoms with Gasteiger partial charge in [-0.1, -0.05) is 22.1 Å². The molecule has 0 heterocycles. The maximum atomic E-state index is 13.6. The molecule has 1 amide bonds. The highest BCUT2D eigenvalue weighted by molar-refractivity contribution is 7.89. The maximum absolute atomic E-state index is 13.6. The molecule has 0 aromatic heterocycles. The second kappa shape index (κ2) is 7.44. The van der Waals surface area contributed by atoms with Gasteiger partial charge in [0.25, 0.3) is 15.9 Å². The molecule has 0 aliphatic rings. The summed E-state index contributed by atoms with van der Waals surface area (Å²) in [7, 11) is -1.80. The Morgan fingerprint density at radius 3 is 2.56 bits per heavy atom. The normalized spacial score (nSPS) is 11.6. The second-order valence-corrected chi connectivity index (χ2v) is 7.11. The van der Waals surface area contributed by atoms with Gasteiger partial charge < -0.3 is 5.32 Å². The number of nitrogens with one attached hydrogen (secondary N) is 1. The molecule has 1 N–H and O–H groups in total. The van der Waals surface area contributed by atoms with E-state index in [1.165, 1.54) is 24.3 Å². The molecule has 2 aromatic rings. The van der Waals surface area contributed by atoms with Crippen LogP contribution in [0, 0.1) is 11.6 Å². The molecule has 0 spiro atoms. The van der Waals surface area contributed by atoms with Crippen molar-refractivity contribution in [3.8, 4) is 0 Å². The van der Waals surface area contributed by atoms with Crippen molar-refractivity contribution in [1.82, 2.24) is 4.47 Å². The lowest BCUT2D eigenvalue weighted by atomic mass is 10.2. The van der Waals surface area contributed by atoms with Crippen molar-refractivity contribution in [2.24, 2.45) is 0 Å². The molecule has 0 saturated carbocycles. The molecule has 0 saturated heterocycles. The molecule has 0 aliphatic carbocycles. The Labute approximate surface area is 148 Å². The number of rotatable bonds is 5. The molecule has 0 atom stereocenters. The Hall–Kier alpha value is -2.07.